The summed E-state index contributed by atoms with van der Waals surface area (Å²) in [6.07, 6.45) is 7.18. The first-order valence-corrected chi connectivity index (χ1v) is 6.10. The van der Waals surface area contributed by atoms with Crippen molar-refractivity contribution in [3.8, 4) is 0 Å². The molecule has 0 atom stereocenters. The highest BCUT2D eigenvalue weighted by atomic mass is 32.2. The predicted molar refractivity (Wildman–Crippen MR) is 64.9 cm³/mol. The van der Waals surface area contributed by atoms with E-state index in [1.807, 2.05) is 0 Å². The molecule has 0 rings (SSSR count). The minimum atomic E-state index is 0.719. The molecule has 0 radical (unpaired) electrons. The zero-order chi connectivity index (χ0) is 10.1. The van der Waals surface area contributed by atoms with Gasteiger partial charge in [-0.15, -0.1) is 11.8 Å². The van der Waals surface area contributed by atoms with Gasteiger partial charge in [0.05, 0.1) is 0 Å². The first-order chi connectivity index (χ1) is 6.26. The van der Waals surface area contributed by atoms with Crippen LogP contribution < -0.4 is 0 Å². The Kier molecular flexibility index (Phi) is 8.32. The quantitative estimate of drug-likeness (QED) is 0.555. The van der Waals surface area contributed by atoms with Crippen molar-refractivity contribution in [1.82, 2.24) is 0 Å². The smallest absolute Gasteiger partial charge is 0.0105 e. The van der Waals surface area contributed by atoms with Crippen LogP contribution in [0.3, 0.4) is 0 Å². The lowest BCUT2D eigenvalue weighted by Crippen LogP contribution is -1.99. The fourth-order valence-electron chi connectivity index (χ4n) is 1.41. The van der Waals surface area contributed by atoms with Crippen molar-refractivity contribution in [2.45, 2.75) is 46.5 Å². The Morgan fingerprint density at radius 3 is 2.23 bits per heavy atom. The van der Waals surface area contributed by atoms with Crippen LogP contribution >= 0.6 is 11.8 Å². The van der Waals surface area contributed by atoms with Crippen LogP contribution in [0, 0.1) is 5.92 Å². The predicted octanol–water partition coefficient (Wildman–Crippen LogP) is 4.98. The van der Waals surface area contributed by atoms with E-state index in [1.165, 1.54) is 30.6 Å². The van der Waals surface area contributed by atoms with Crippen LogP contribution in [0.25, 0.3) is 0 Å². The monoisotopic (exact) mass is 198 g/mol. The van der Waals surface area contributed by atoms with Crippen LogP contribution in [0.1, 0.15) is 46.5 Å². The van der Waals surface area contributed by atoms with Crippen molar-refractivity contribution in [3.63, 3.8) is 0 Å². The minimum absolute atomic E-state index is 0.719. The van der Waals surface area contributed by atoms with Crippen LogP contribution in [0.4, 0.5) is 0 Å². The molecule has 0 unspecified atom stereocenters. The summed E-state index contributed by atoms with van der Waals surface area (Å²) >= 11 is 1.79. The molecule has 0 N–H and O–H groups in total. The Morgan fingerprint density at radius 2 is 1.85 bits per heavy atom. The second-order valence-corrected chi connectivity index (χ2v) is 4.36. The van der Waals surface area contributed by atoms with E-state index < -0.39 is 0 Å². The Hall–Kier alpha value is -0.170. The topological polar surface area (TPSA) is 0 Å². The van der Waals surface area contributed by atoms with Crippen LogP contribution in [0.15, 0.2) is 23.0 Å². The number of thioether (sulfide) groups is 1. The van der Waals surface area contributed by atoms with Gasteiger partial charge in [0, 0.05) is 0 Å². The molecule has 0 aliphatic heterocycles. The van der Waals surface area contributed by atoms with E-state index in [0.29, 0.717) is 0 Å². The van der Waals surface area contributed by atoms with Crippen LogP contribution in [-0.2, 0) is 0 Å². The van der Waals surface area contributed by atoms with Crippen LogP contribution in [0.5, 0.6) is 0 Å². The van der Waals surface area contributed by atoms with Crippen molar-refractivity contribution < 1.29 is 0 Å². The number of rotatable bonds is 7. The van der Waals surface area contributed by atoms with E-state index in [4.69, 9.17) is 0 Å². The summed E-state index contributed by atoms with van der Waals surface area (Å²) in [7, 11) is 0. The summed E-state index contributed by atoms with van der Waals surface area (Å²) in [5, 5.41) is 2.13. The second kappa shape index (κ2) is 8.43. The Labute approximate surface area is 87.5 Å². The molecule has 76 valence electrons. The van der Waals surface area contributed by atoms with Gasteiger partial charge in [-0.2, -0.15) is 0 Å². The highest BCUT2D eigenvalue weighted by Crippen LogP contribution is 2.30. The zero-order valence-electron chi connectivity index (χ0n) is 9.18. The molecule has 0 aromatic heterocycles. The molecule has 0 spiro atoms. The third-order valence-corrected chi connectivity index (χ3v) is 3.13. The SMILES string of the molecule is C=C(S/C=C\C)C(CCC)CCC. The summed E-state index contributed by atoms with van der Waals surface area (Å²) in [5.41, 5.74) is 0. The average molecular weight is 198 g/mol. The van der Waals surface area contributed by atoms with E-state index >= 15 is 0 Å². The van der Waals surface area contributed by atoms with Crippen molar-refractivity contribution in [1.29, 1.82) is 0 Å². The molecule has 0 amide bonds. The summed E-state index contributed by atoms with van der Waals surface area (Å²) in [5.74, 6) is 0.719. The number of hydrogen-bond donors (Lipinski definition) is 0. The molecule has 0 heterocycles. The first-order valence-electron chi connectivity index (χ1n) is 5.22. The molecule has 0 nitrogen and oxygen atoms in total. The number of allylic oxidation sites excluding steroid dienone is 2. The van der Waals surface area contributed by atoms with Gasteiger partial charge < -0.3 is 0 Å². The Morgan fingerprint density at radius 1 is 1.31 bits per heavy atom. The van der Waals surface area contributed by atoms with Crippen molar-refractivity contribution >= 4 is 11.8 Å². The van der Waals surface area contributed by atoms with Crippen molar-refractivity contribution in [3.05, 3.63) is 23.0 Å². The fourth-order valence-corrected chi connectivity index (χ4v) is 2.15. The van der Waals surface area contributed by atoms with Gasteiger partial charge in [0.1, 0.15) is 0 Å². The highest BCUT2D eigenvalue weighted by molar-refractivity contribution is 8.05. The van der Waals surface area contributed by atoms with E-state index in [1.54, 1.807) is 11.8 Å². The summed E-state index contributed by atoms with van der Waals surface area (Å²) in [6, 6.07) is 0. The zero-order valence-corrected chi connectivity index (χ0v) is 9.99. The van der Waals surface area contributed by atoms with E-state index in [-0.39, 0.29) is 0 Å². The van der Waals surface area contributed by atoms with Gasteiger partial charge in [0.25, 0.3) is 0 Å². The molecule has 0 aliphatic carbocycles. The van der Waals surface area contributed by atoms with Crippen molar-refractivity contribution in [2.75, 3.05) is 0 Å². The highest BCUT2D eigenvalue weighted by Gasteiger charge is 2.09. The largest absolute Gasteiger partial charge is 0.103 e. The molecule has 0 aromatic rings. The molecule has 0 saturated carbocycles. The van der Waals surface area contributed by atoms with Gasteiger partial charge in [-0.1, -0.05) is 39.3 Å². The number of hydrogen-bond acceptors (Lipinski definition) is 1. The standard InChI is InChI=1S/C12H22S/c1-5-8-12(9-6-2)11(4)13-10-7-3/h7,10,12H,4-6,8-9H2,1-3H3/b10-7-. The summed E-state index contributed by atoms with van der Waals surface area (Å²) in [6.45, 7) is 10.7. The fraction of sp³-hybridized carbons (Fsp3) is 0.667. The van der Waals surface area contributed by atoms with E-state index in [0.717, 1.165) is 5.92 Å². The van der Waals surface area contributed by atoms with Gasteiger partial charge in [-0.3, -0.25) is 0 Å². The van der Waals surface area contributed by atoms with Gasteiger partial charge in [0.15, 0.2) is 0 Å². The molecular formula is C12H22S. The molecule has 1 heteroatoms. The lowest BCUT2D eigenvalue weighted by molar-refractivity contribution is 0.524. The first kappa shape index (κ1) is 12.8. The van der Waals surface area contributed by atoms with Gasteiger partial charge >= 0.3 is 0 Å². The minimum Gasteiger partial charge on any atom is -0.103 e. The van der Waals surface area contributed by atoms with Crippen LogP contribution in [0.2, 0.25) is 0 Å². The van der Waals surface area contributed by atoms with Gasteiger partial charge in [-0.05, 0) is 36.0 Å². The lowest BCUT2D eigenvalue weighted by atomic mass is 9.98. The van der Waals surface area contributed by atoms with E-state index in [9.17, 15) is 0 Å². The van der Waals surface area contributed by atoms with Crippen molar-refractivity contribution in [2.24, 2.45) is 5.92 Å². The molecule has 0 fully saturated rings. The van der Waals surface area contributed by atoms with Gasteiger partial charge in [0.2, 0.25) is 0 Å². The molecule has 0 aromatic carbocycles. The third-order valence-electron chi connectivity index (χ3n) is 2.09. The Bertz CT molecular complexity index is 153. The average Bonchev–Trinajstić information content (AvgIpc) is 2.14. The maximum Gasteiger partial charge on any atom is -0.0105 e. The second-order valence-electron chi connectivity index (χ2n) is 3.33. The third kappa shape index (κ3) is 5.98. The molecule has 13 heavy (non-hydrogen) atoms. The molecular weight excluding hydrogens is 176 g/mol. The summed E-state index contributed by atoms with van der Waals surface area (Å²) < 4.78 is 0. The van der Waals surface area contributed by atoms with E-state index in [2.05, 4.69) is 38.8 Å². The normalized spacial score (nSPS) is 11.4. The molecule has 0 saturated heterocycles. The van der Waals surface area contributed by atoms with Gasteiger partial charge in [-0.25, -0.2) is 0 Å². The molecule has 0 aliphatic rings. The maximum absolute atomic E-state index is 4.14. The maximum atomic E-state index is 4.14. The van der Waals surface area contributed by atoms with Crippen LogP contribution in [-0.4, -0.2) is 0 Å². The molecule has 0 bridgehead atoms. The Balaban J connectivity index is 3.94. The lowest BCUT2D eigenvalue weighted by Gasteiger charge is -2.16. The summed E-state index contributed by atoms with van der Waals surface area (Å²) in [4.78, 5) is 1.34.